The number of methoxy groups -OCH3 is 2. The molecule has 4 heterocycles. The fourth-order valence-electron chi connectivity index (χ4n) is 4.60. The molecule has 0 saturated carbocycles. The van der Waals surface area contributed by atoms with Crippen LogP contribution in [-0.4, -0.2) is 102 Å². The van der Waals surface area contributed by atoms with E-state index in [1.165, 1.54) is 6.20 Å². The monoisotopic (exact) mass is 559 g/mol. The molecule has 0 radical (unpaired) electrons. The maximum Gasteiger partial charge on any atom is 0.339 e. The van der Waals surface area contributed by atoms with Crippen LogP contribution >= 0.6 is 0 Å². The number of anilines is 1. The zero-order chi connectivity index (χ0) is 28.8. The predicted molar refractivity (Wildman–Crippen MR) is 153 cm³/mol. The van der Waals surface area contributed by atoms with Gasteiger partial charge >= 0.3 is 5.97 Å². The molecular weight excluding hydrogens is 526 g/mol. The van der Waals surface area contributed by atoms with Crippen LogP contribution in [0.3, 0.4) is 0 Å². The number of fused-ring (bicyclic) bond motifs is 1. The molecule has 214 valence electrons. The van der Waals surface area contributed by atoms with Crippen molar-refractivity contribution in [2.24, 2.45) is 0 Å². The number of nitrogens with zero attached hydrogens (tertiary/aromatic N) is 6. The van der Waals surface area contributed by atoms with Gasteiger partial charge in [-0.2, -0.15) is 5.10 Å². The lowest BCUT2D eigenvalue weighted by atomic mass is 10.1. The Labute approximate surface area is 237 Å². The Kier molecular flexibility index (Phi) is 8.70. The Hall–Kier alpha value is -4.55. The second-order valence-corrected chi connectivity index (χ2v) is 9.72. The number of rotatable bonds is 10. The molecule has 41 heavy (non-hydrogen) atoms. The number of piperazine rings is 1. The summed E-state index contributed by atoms with van der Waals surface area (Å²) >= 11 is 0. The first-order chi connectivity index (χ1) is 19.9. The average Bonchev–Trinajstić information content (AvgIpc) is 3.45. The van der Waals surface area contributed by atoms with E-state index in [9.17, 15) is 9.59 Å². The molecule has 1 N–H and O–H groups in total. The Bertz CT molecular complexity index is 1510. The van der Waals surface area contributed by atoms with Crippen molar-refractivity contribution < 1.29 is 23.8 Å². The first-order valence-electron chi connectivity index (χ1n) is 13.4. The highest BCUT2D eigenvalue weighted by Crippen LogP contribution is 2.32. The minimum Gasteiger partial charge on any atom is -0.493 e. The van der Waals surface area contributed by atoms with Crippen molar-refractivity contribution >= 4 is 23.3 Å². The molecule has 1 aliphatic heterocycles. The first kappa shape index (κ1) is 28.0. The maximum atomic E-state index is 13.0. The molecule has 1 aromatic carbocycles. The zero-order valence-electron chi connectivity index (χ0n) is 23.4. The van der Waals surface area contributed by atoms with E-state index in [-0.39, 0.29) is 11.5 Å². The lowest BCUT2D eigenvalue weighted by Crippen LogP contribution is -2.44. The van der Waals surface area contributed by atoms with E-state index in [4.69, 9.17) is 14.2 Å². The Morgan fingerprint density at radius 2 is 1.76 bits per heavy atom. The lowest BCUT2D eigenvalue weighted by molar-refractivity contribution is 0.0479. The van der Waals surface area contributed by atoms with Crippen molar-refractivity contribution in [2.45, 2.75) is 6.42 Å². The highest BCUT2D eigenvalue weighted by atomic mass is 16.5. The Morgan fingerprint density at radius 1 is 0.951 bits per heavy atom. The highest BCUT2D eigenvalue weighted by Gasteiger charge is 2.17. The van der Waals surface area contributed by atoms with Crippen LogP contribution in [0.25, 0.3) is 16.9 Å². The van der Waals surface area contributed by atoms with Crippen molar-refractivity contribution in [3.63, 3.8) is 0 Å². The fraction of sp³-hybridized carbons (Fsp3) is 0.345. The number of likely N-dealkylation sites (N-methyl/N-ethyl adjacent to an activating group) is 1. The number of amides is 1. The van der Waals surface area contributed by atoms with Crippen molar-refractivity contribution in [1.29, 1.82) is 0 Å². The molecule has 1 amide bonds. The van der Waals surface area contributed by atoms with Crippen molar-refractivity contribution in [3.05, 3.63) is 66.1 Å². The molecule has 12 nitrogen and oxygen atoms in total. The number of carbonyl (C=O) groups is 2. The minimum atomic E-state index is -0.458. The topological polar surface area (TPSA) is 123 Å². The van der Waals surface area contributed by atoms with Gasteiger partial charge in [0.05, 0.1) is 32.1 Å². The van der Waals surface area contributed by atoms with E-state index < -0.39 is 11.9 Å². The molecule has 1 fully saturated rings. The summed E-state index contributed by atoms with van der Waals surface area (Å²) < 4.78 is 17.7. The predicted octanol–water partition coefficient (Wildman–Crippen LogP) is 2.86. The molecule has 0 unspecified atom stereocenters. The first-order valence-corrected chi connectivity index (χ1v) is 13.4. The number of hydrogen-bond donors (Lipinski definition) is 1. The second kappa shape index (κ2) is 12.7. The summed E-state index contributed by atoms with van der Waals surface area (Å²) in [5, 5.41) is 7.19. The molecule has 4 aromatic rings. The SMILES string of the molecule is COc1ccc(-c2ccnc3cc(C(=O)Nc4ccc(C(=O)OCCCN5CCN(C)CC5)cn4)nn23)cc1OC. The van der Waals surface area contributed by atoms with Gasteiger partial charge in [-0.3, -0.25) is 4.79 Å². The third-order valence-electron chi connectivity index (χ3n) is 6.96. The van der Waals surface area contributed by atoms with Gasteiger partial charge in [0.2, 0.25) is 0 Å². The molecule has 3 aromatic heterocycles. The minimum absolute atomic E-state index is 0.163. The third-order valence-corrected chi connectivity index (χ3v) is 6.96. The summed E-state index contributed by atoms with van der Waals surface area (Å²) in [5.41, 5.74) is 2.52. The van der Waals surface area contributed by atoms with E-state index in [1.807, 2.05) is 12.1 Å². The number of aromatic nitrogens is 4. The summed E-state index contributed by atoms with van der Waals surface area (Å²) in [6, 6.07) is 12.0. The normalized spacial score (nSPS) is 14.1. The van der Waals surface area contributed by atoms with Crippen LogP contribution in [0.1, 0.15) is 27.3 Å². The summed E-state index contributed by atoms with van der Waals surface area (Å²) in [6.07, 6.45) is 3.81. The van der Waals surface area contributed by atoms with E-state index in [1.54, 1.807) is 55.3 Å². The van der Waals surface area contributed by atoms with Gasteiger partial charge in [0.1, 0.15) is 5.82 Å². The van der Waals surface area contributed by atoms with Crippen LogP contribution in [0.4, 0.5) is 5.82 Å². The highest BCUT2D eigenvalue weighted by molar-refractivity contribution is 6.03. The van der Waals surface area contributed by atoms with E-state index in [0.717, 1.165) is 50.4 Å². The Morgan fingerprint density at radius 3 is 2.49 bits per heavy atom. The second-order valence-electron chi connectivity index (χ2n) is 9.72. The van der Waals surface area contributed by atoms with Gasteiger partial charge in [-0.1, -0.05) is 0 Å². The molecule has 0 aliphatic carbocycles. The molecular formula is C29H33N7O5. The van der Waals surface area contributed by atoms with Crippen LogP contribution in [0.15, 0.2) is 54.9 Å². The van der Waals surface area contributed by atoms with E-state index in [0.29, 0.717) is 29.3 Å². The molecule has 12 heteroatoms. The smallest absolute Gasteiger partial charge is 0.339 e. The van der Waals surface area contributed by atoms with Crippen molar-refractivity contribution in [3.8, 4) is 22.8 Å². The molecule has 0 bridgehead atoms. The largest absolute Gasteiger partial charge is 0.493 e. The van der Waals surface area contributed by atoms with Gasteiger partial charge < -0.3 is 29.3 Å². The fourth-order valence-corrected chi connectivity index (χ4v) is 4.60. The summed E-state index contributed by atoms with van der Waals surface area (Å²) in [5.74, 6) is 0.564. The van der Waals surface area contributed by atoms with Gasteiger partial charge in [0, 0.05) is 56.7 Å². The van der Waals surface area contributed by atoms with Gasteiger partial charge in [-0.05, 0) is 49.9 Å². The third kappa shape index (κ3) is 6.61. The number of pyridine rings is 1. The zero-order valence-corrected chi connectivity index (χ0v) is 23.4. The number of nitrogens with one attached hydrogen (secondary N) is 1. The number of esters is 1. The molecule has 5 rings (SSSR count). The molecule has 0 spiro atoms. The summed E-state index contributed by atoms with van der Waals surface area (Å²) in [7, 11) is 5.27. The van der Waals surface area contributed by atoms with Gasteiger partial charge in [0.15, 0.2) is 22.8 Å². The van der Waals surface area contributed by atoms with Crippen LogP contribution in [-0.2, 0) is 4.74 Å². The van der Waals surface area contributed by atoms with E-state index >= 15 is 0 Å². The van der Waals surface area contributed by atoms with Gasteiger partial charge in [-0.25, -0.2) is 19.3 Å². The van der Waals surface area contributed by atoms with E-state index in [2.05, 4.69) is 37.2 Å². The number of hydrogen-bond acceptors (Lipinski definition) is 10. The van der Waals surface area contributed by atoms with Crippen LogP contribution in [0.2, 0.25) is 0 Å². The standard InChI is InChI=1S/C29H33N7O5/c1-34-12-14-35(15-13-34)11-4-16-41-29(38)21-6-8-26(31-19-21)32-28(37)22-18-27-30-10-9-23(36(27)33-22)20-5-7-24(39-2)25(17-20)40-3/h5-10,17-19H,4,11-16H2,1-3H3,(H,31,32,37). The van der Waals surface area contributed by atoms with Crippen LogP contribution < -0.4 is 14.8 Å². The molecule has 1 aliphatic rings. The summed E-state index contributed by atoms with van der Waals surface area (Å²) in [6.45, 7) is 5.43. The van der Waals surface area contributed by atoms with Crippen molar-refractivity contribution in [2.75, 3.05) is 65.9 Å². The Balaban J connectivity index is 1.19. The summed E-state index contributed by atoms with van der Waals surface area (Å²) in [4.78, 5) is 38.6. The number of benzene rings is 1. The quantitative estimate of drug-likeness (QED) is 0.229. The van der Waals surface area contributed by atoms with Crippen LogP contribution in [0, 0.1) is 0 Å². The maximum absolute atomic E-state index is 13.0. The molecule has 0 atom stereocenters. The number of ether oxygens (including phenoxy) is 3. The van der Waals surface area contributed by atoms with Gasteiger partial charge in [-0.15, -0.1) is 0 Å². The number of carbonyl (C=O) groups excluding carboxylic acids is 2. The lowest BCUT2D eigenvalue weighted by Gasteiger charge is -2.32. The average molecular weight is 560 g/mol. The van der Waals surface area contributed by atoms with Crippen LogP contribution in [0.5, 0.6) is 11.5 Å². The van der Waals surface area contributed by atoms with Crippen molar-refractivity contribution in [1.82, 2.24) is 29.4 Å². The molecule has 1 saturated heterocycles. The van der Waals surface area contributed by atoms with Gasteiger partial charge in [0.25, 0.3) is 5.91 Å².